The number of ether oxygens (including phenoxy) is 1. The number of likely N-dealkylation sites (N-methyl/N-ethyl adjacent to an activating group) is 1. The molecule has 0 spiro atoms. The summed E-state index contributed by atoms with van der Waals surface area (Å²) in [5, 5.41) is 9.94. The highest BCUT2D eigenvalue weighted by Crippen LogP contribution is 2.21. The van der Waals surface area contributed by atoms with Crippen molar-refractivity contribution in [3.63, 3.8) is 0 Å². The molecule has 1 aliphatic rings. The molecular weight excluding hydrogens is 395 g/mol. The van der Waals surface area contributed by atoms with Crippen molar-refractivity contribution in [3.8, 4) is 0 Å². The van der Waals surface area contributed by atoms with Crippen molar-refractivity contribution in [2.24, 2.45) is 0 Å². The fraction of sp³-hybridized carbons (Fsp3) is 0.381. The normalized spacial score (nSPS) is 18.3. The molecule has 9 heteroatoms. The quantitative estimate of drug-likeness (QED) is 0.677. The van der Waals surface area contributed by atoms with Crippen LogP contribution < -0.4 is 0 Å². The van der Waals surface area contributed by atoms with Crippen molar-refractivity contribution < 1.29 is 33.0 Å². The van der Waals surface area contributed by atoms with Crippen LogP contribution in [-0.2, 0) is 32.1 Å². The zero-order chi connectivity index (χ0) is 21.7. The molecule has 0 saturated carbocycles. The number of hydrogen-bond donors (Lipinski definition) is 1. The van der Waals surface area contributed by atoms with E-state index in [4.69, 9.17) is 9.15 Å². The second-order valence-corrected chi connectivity index (χ2v) is 7.16. The number of benzene rings is 1. The van der Waals surface area contributed by atoms with Crippen LogP contribution in [0.1, 0.15) is 17.7 Å². The summed E-state index contributed by atoms with van der Waals surface area (Å²) >= 11 is 0. The van der Waals surface area contributed by atoms with E-state index < -0.39 is 42.4 Å². The topological polar surface area (TPSA) is 100 Å². The minimum atomic E-state index is -1.03. The first kappa shape index (κ1) is 21.5. The summed E-state index contributed by atoms with van der Waals surface area (Å²) in [4.78, 5) is 39.8. The number of aliphatic hydroxyl groups excluding tert-OH is 1. The summed E-state index contributed by atoms with van der Waals surface area (Å²) in [6.45, 7) is -0.337. The molecule has 2 heterocycles. The Morgan fingerprint density at radius 2 is 2.03 bits per heavy atom. The van der Waals surface area contributed by atoms with E-state index in [1.807, 2.05) is 0 Å². The van der Waals surface area contributed by atoms with Gasteiger partial charge in [0, 0.05) is 20.0 Å². The second-order valence-electron chi connectivity index (χ2n) is 7.16. The van der Waals surface area contributed by atoms with Crippen LogP contribution in [0.3, 0.4) is 0 Å². The Labute approximate surface area is 172 Å². The Kier molecular flexibility index (Phi) is 6.83. The highest BCUT2D eigenvalue weighted by molar-refractivity contribution is 5.88. The maximum Gasteiger partial charge on any atom is 0.329 e. The van der Waals surface area contributed by atoms with Crippen molar-refractivity contribution >= 4 is 17.8 Å². The molecule has 1 fully saturated rings. The van der Waals surface area contributed by atoms with Gasteiger partial charge in [-0.05, 0) is 23.8 Å². The van der Waals surface area contributed by atoms with Crippen LogP contribution in [0.2, 0.25) is 0 Å². The minimum absolute atomic E-state index is 0.00172. The smallest absolute Gasteiger partial charge is 0.329 e. The van der Waals surface area contributed by atoms with E-state index in [9.17, 15) is 23.9 Å². The van der Waals surface area contributed by atoms with Gasteiger partial charge >= 0.3 is 5.97 Å². The van der Waals surface area contributed by atoms with E-state index in [-0.39, 0.29) is 31.5 Å². The highest BCUT2D eigenvalue weighted by Gasteiger charge is 2.40. The van der Waals surface area contributed by atoms with Crippen molar-refractivity contribution in [1.82, 2.24) is 9.80 Å². The molecule has 30 heavy (non-hydrogen) atoms. The van der Waals surface area contributed by atoms with Gasteiger partial charge in [0.1, 0.15) is 17.6 Å². The number of furan rings is 1. The molecule has 8 nitrogen and oxygen atoms in total. The SMILES string of the molecule is CN(Cc1ccco1)C(=O)COC(=O)C1CC(O)CN1C(=O)Cc1ccccc1F. The summed E-state index contributed by atoms with van der Waals surface area (Å²) in [7, 11) is 1.54. The minimum Gasteiger partial charge on any atom is -0.467 e. The van der Waals surface area contributed by atoms with Crippen LogP contribution in [0.15, 0.2) is 47.1 Å². The van der Waals surface area contributed by atoms with E-state index in [0.29, 0.717) is 5.76 Å². The van der Waals surface area contributed by atoms with Crippen LogP contribution in [0.25, 0.3) is 0 Å². The Morgan fingerprint density at radius 3 is 2.73 bits per heavy atom. The molecule has 1 saturated heterocycles. The first-order valence-corrected chi connectivity index (χ1v) is 9.49. The van der Waals surface area contributed by atoms with Crippen LogP contribution in [-0.4, -0.2) is 65.0 Å². The number of rotatable bonds is 7. The van der Waals surface area contributed by atoms with Gasteiger partial charge in [-0.25, -0.2) is 9.18 Å². The number of amides is 2. The van der Waals surface area contributed by atoms with Gasteiger partial charge in [0.05, 0.1) is 25.3 Å². The fourth-order valence-electron chi connectivity index (χ4n) is 3.28. The zero-order valence-electron chi connectivity index (χ0n) is 16.5. The van der Waals surface area contributed by atoms with Gasteiger partial charge in [0.2, 0.25) is 5.91 Å². The number of likely N-dealkylation sites (tertiary alicyclic amines) is 1. The van der Waals surface area contributed by atoms with Gasteiger partial charge in [-0.15, -0.1) is 0 Å². The molecule has 2 aromatic rings. The average Bonchev–Trinajstić information content (AvgIpc) is 3.37. The number of esters is 1. The largest absolute Gasteiger partial charge is 0.467 e. The van der Waals surface area contributed by atoms with Crippen molar-refractivity contribution in [2.75, 3.05) is 20.2 Å². The van der Waals surface area contributed by atoms with E-state index >= 15 is 0 Å². The predicted molar refractivity (Wildman–Crippen MR) is 102 cm³/mol. The van der Waals surface area contributed by atoms with Gasteiger partial charge in [-0.1, -0.05) is 18.2 Å². The monoisotopic (exact) mass is 418 g/mol. The third-order valence-corrected chi connectivity index (χ3v) is 4.91. The van der Waals surface area contributed by atoms with Crippen LogP contribution in [0.5, 0.6) is 0 Å². The summed E-state index contributed by atoms with van der Waals surface area (Å²) < 4.78 is 24.1. The number of β-amino-alcohol motifs (C(OH)–C–C–N with tert-alkyl or cyclic N) is 1. The molecule has 3 rings (SSSR count). The number of hydrogen-bond acceptors (Lipinski definition) is 6. The first-order valence-electron chi connectivity index (χ1n) is 9.49. The van der Waals surface area contributed by atoms with Gasteiger partial charge in [0.25, 0.3) is 5.91 Å². The lowest BCUT2D eigenvalue weighted by atomic mass is 10.1. The Morgan fingerprint density at radius 1 is 1.27 bits per heavy atom. The van der Waals surface area contributed by atoms with E-state index in [2.05, 4.69) is 0 Å². The Hall–Kier alpha value is -3.20. The number of aliphatic hydroxyl groups is 1. The van der Waals surface area contributed by atoms with Crippen molar-refractivity contribution in [1.29, 1.82) is 0 Å². The fourth-order valence-corrected chi connectivity index (χ4v) is 3.28. The highest BCUT2D eigenvalue weighted by atomic mass is 19.1. The number of nitrogens with zero attached hydrogens (tertiary/aromatic N) is 2. The van der Waals surface area contributed by atoms with Crippen LogP contribution in [0, 0.1) is 5.82 Å². The van der Waals surface area contributed by atoms with E-state index in [0.717, 1.165) is 0 Å². The molecule has 0 bridgehead atoms. The van der Waals surface area contributed by atoms with Crippen LogP contribution in [0.4, 0.5) is 4.39 Å². The molecule has 2 unspecified atom stereocenters. The van der Waals surface area contributed by atoms with Gasteiger partial charge in [-0.2, -0.15) is 0 Å². The predicted octanol–water partition coefficient (Wildman–Crippen LogP) is 1.12. The molecule has 1 aromatic heterocycles. The third kappa shape index (κ3) is 5.24. The summed E-state index contributed by atoms with van der Waals surface area (Å²) in [6.07, 6.45) is 0.350. The number of carbonyl (C=O) groups is 3. The third-order valence-electron chi connectivity index (χ3n) is 4.91. The molecule has 1 aromatic carbocycles. The summed E-state index contributed by atoms with van der Waals surface area (Å²) in [5.74, 6) is -1.66. The van der Waals surface area contributed by atoms with E-state index in [1.54, 1.807) is 25.2 Å². The van der Waals surface area contributed by atoms with Gasteiger partial charge in [-0.3, -0.25) is 9.59 Å². The average molecular weight is 418 g/mol. The molecule has 1 aliphatic heterocycles. The first-order chi connectivity index (χ1) is 14.3. The molecule has 2 atom stereocenters. The lowest BCUT2D eigenvalue weighted by Gasteiger charge is -2.23. The molecule has 1 N–H and O–H groups in total. The van der Waals surface area contributed by atoms with Gasteiger partial charge in [0.15, 0.2) is 6.61 Å². The van der Waals surface area contributed by atoms with Gasteiger partial charge < -0.3 is 24.1 Å². The van der Waals surface area contributed by atoms with Crippen LogP contribution >= 0.6 is 0 Å². The van der Waals surface area contributed by atoms with Crippen molar-refractivity contribution in [2.45, 2.75) is 31.5 Å². The Bertz CT molecular complexity index is 901. The summed E-state index contributed by atoms with van der Waals surface area (Å²) in [5.41, 5.74) is 0.200. The molecule has 0 aliphatic carbocycles. The Balaban J connectivity index is 1.56. The lowest BCUT2D eigenvalue weighted by Crippen LogP contribution is -2.43. The maximum absolute atomic E-state index is 13.8. The molecule has 160 valence electrons. The molecular formula is C21H23FN2O6. The zero-order valence-corrected chi connectivity index (χ0v) is 16.5. The number of carbonyl (C=O) groups excluding carboxylic acids is 3. The maximum atomic E-state index is 13.8. The second kappa shape index (κ2) is 9.53. The molecule has 0 radical (unpaired) electrons. The lowest BCUT2D eigenvalue weighted by molar-refractivity contribution is -0.158. The summed E-state index contributed by atoms with van der Waals surface area (Å²) in [6, 6.07) is 8.26. The molecule has 2 amide bonds. The number of halogens is 1. The standard InChI is InChI=1S/C21H23FN2O6/c1-23(12-16-6-4-8-29-16)20(27)13-30-21(28)18-10-15(25)11-24(18)19(26)9-14-5-2-3-7-17(14)22/h2-8,15,18,25H,9-13H2,1H3. The van der Waals surface area contributed by atoms with Crippen molar-refractivity contribution in [3.05, 3.63) is 59.8 Å². The van der Waals surface area contributed by atoms with E-state index in [1.165, 1.54) is 34.3 Å².